The zero-order valence-electron chi connectivity index (χ0n) is 18.2. The number of aryl methyl sites for hydroxylation is 1. The van der Waals surface area contributed by atoms with Crippen LogP contribution in [-0.4, -0.2) is 41.5 Å². The molecule has 170 valence electrons. The van der Waals surface area contributed by atoms with Crippen molar-refractivity contribution < 1.29 is 17.9 Å². The van der Waals surface area contributed by atoms with E-state index in [-0.39, 0.29) is 18.7 Å². The highest BCUT2D eigenvalue weighted by molar-refractivity contribution is 7.92. The number of hydrogen-bond acceptors (Lipinski definition) is 7. The summed E-state index contributed by atoms with van der Waals surface area (Å²) in [7, 11) is -1.75. The van der Waals surface area contributed by atoms with Gasteiger partial charge in [0.15, 0.2) is 9.84 Å². The maximum Gasteiger partial charge on any atom is 0.263 e. The van der Waals surface area contributed by atoms with Gasteiger partial charge in [-0.1, -0.05) is 12.1 Å². The lowest BCUT2D eigenvalue weighted by molar-refractivity contribution is 0.0949. The van der Waals surface area contributed by atoms with Crippen molar-refractivity contribution in [2.45, 2.75) is 24.1 Å². The normalized spacial score (nSPS) is 14.5. The number of carbonyl (C=O) groups is 1. The fraction of sp³-hybridized carbons (Fsp3) is 0.304. The van der Waals surface area contributed by atoms with E-state index in [2.05, 4.69) is 10.3 Å². The maximum absolute atomic E-state index is 12.9. The summed E-state index contributed by atoms with van der Waals surface area (Å²) >= 11 is 0. The minimum atomic E-state index is -3.26. The van der Waals surface area contributed by atoms with Crippen molar-refractivity contribution in [1.82, 2.24) is 14.9 Å². The van der Waals surface area contributed by atoms with E-state index in [4.69, 9.17) is 10.00 Å². The molecule has 10 heteroatoms. The van der Waals surface area contributed by atoms with Gasteiger partial charge < -0.3 is 14.6 Å². The number of nitrogens with zero attached hydrogens (tertiary/aromatic N) is 3. The quantitative estimate of drug-likeness (QED) is 0.560. The SMILES string of the molecule is Cn1c(=O)c(C(=O)NCc2ccc(C#N)cc2)cc2nccc(OCC3(S(C)(=O)=O)CC3)c21. The summed E-state index contributed by atoms with van der Waals surface area (Å²) in [6, 6.07) is 11.8. The summed E-state index contributed by atoms with van der Waals surface area (Å²) in [6.07, 6.45) is 3.77. The van der Waals surface area contributed by atoms with Crippen LogP contribution in [0.3, 0.4) is 0 Å². The summed E-state index contributed by atoms with van der Waals surface area (Å²) in [4.78, 5) is 29.9. The van der Waals surface area contributed by atoms with Gasteiger partial charge in [-0.25, -0.2) is 8.42 Å². The van der Waals surface area contributed by atoms with Crippen LogP contribution in [0.4, 0.5) is 0 Å². The lowest BCUT2D eigenvalue weighted by Crippen LogP contribution is -2.32. The minimum absolute atomic E-state index is 0.00797. The molecule has 1 N–H and O–H groups in total. The van der Waals surface area contributed by atoms with Gasteiger partial charge in [0.25, 0.3) is 11.5 Å². The molecule has 0 unspecified atom stereocenters. The number of nitrogens with one attached hydrogen (secondary N) is 1. The number of rotatable bonds is 7. The van der Waals surface area contributed by atoms with Crippen molar-refractivity contribution in [2.75, 3.05) is 12.9 Å². The molecular formula is C23H22N4O5S. The van der Waals surface area contributed by atoms with Crippen molar-refractivity contribution in [2.24, 2.45) is 7.05 Å². The maximum atomic E-state index is 12.9. The monoisotopic (exact) mass is 466 g/mol. The molecule has 4 rings (SSSR count). The number of nitriles is 1. The molecule has 1 aromatic carbocycles. The molecule has 2 aromatic heterocycles. The molecule has 33 heavy (non-hydrogen) atoms. The fourth-order valence-corrected chi connectivity index (χ4v) is 4.72. The van der Waals surface area contributed by atoms with E-state index in [1.807, 2.05) is 6.07 Å². The summed E-state index contributed by atoms with van der Waals surface area (Å²) in [5.74, 6) is -0.219. The topological polar surface area (TPSA) is 131 Å². The summed E-state index contributed by atoms with van der Waals surface area (Å²) < 4.78 is 30.3. The zero-order valence-corrected chi connectivity index (χ0v) is 19.0. The zero-order chi connectivity index (χ0) is 23.8. The van der Waals surface area contributed by atoms with Gasteiger partial charge in [-0.3, -0.25) is 14.6 Å². The third-order valence-corrected chi connectivity index (χ3v) is 8.03. The van der Waals surface area contributed by atoms with E-state index in [0.717, 1.165) is 5.56 Å². The van der Waals surface area contributed by atoms with Crippen molar-refractivity contribution in [3.63, 3.8) is 0 Å². The Balaban J connectivity index is 1.58. The van der Waals surface area contributed by atoms with E-state index >= 15 is 0 Å². The van der Waals surface area contributed by atoms with Gasteiger partial charge in [0, 0.05) is 32.1 Å². The standard InChI is InChI=1S/C23H22N4O5S/c1-27-20-18(25-10-7-19(20)32-14-23(8-9-23)33(2,30)31)11-17(22(27)29)21(28)26-13-16-5-3-15(12-24)4-6-16/h3-7,10-11H,8-9,13-14H2,1-2H3,(H,26,28). The van der Waals surface area contributed by atoms with E-state index < -0.39 is 26.1 Å². The van der Waals surface area contributed by atoms with Gasteiger partial charge in [0.2, 0.25) is 0 Å². The highest BCUT2D eigenvalue weighted by Gasteiger charge is 2.53. The van der Waals surface area contributed by atoms with E-state index in [1.54, 1.807) is 30.3 Å². The average molecular weight is 467 g/mol. The highest BCUT2D eigenvalue weighted by atomic mass is 32.2. The molecule has 0 radical (unpaired) electrons. The predicted molar refractivity (Wildman–Crippen MR) is 122 cm³/mol. The highest BCUT2D eigenvalue weighted by Crippen LogP contribution is 2.43. The first-order valence-electron chi connectivity index (χ1n) is 10.2. The lowest BCUT2D eigenvalue weighted by atomic mass is 10.1. The summed E-state index contributed by atoms with van der Waals surface area (Å²) in [6.45, 7) is 0.182. The molecule has 1 aliphatic rings. The molecule has 3 aromatic rings. The molecule has 1 saturated carbocycles. The molecule has 9 nitrogen and oxygen atoms in total. The second-order valence-electron chi connectivity index (χ2n) is 8.20. The summed E-state index contributed by atoms with van der Waals surface area (Å²) in [5, 5.41) is 11.6. The Hall–Kier alpha value is -3.71. The molecule has 0 spiro atoms. The average Bonchev–Trinajstić information content (AvgIpc) is 3.60. The van der Waals surface area contributed by atoms with Gasteiger partial charge in [-0.2, -0.15) is 5.26 Å². The lowest BCUT2D eigenvalue weighted by Gasteiger charge is -2.17. The number of sulfone groups is 1. The Bertz CT molecular complexity index is 1450. The number of ether oxygens (including phenoxy) is 1. The van der Waals surface area contributed by atoms with Crippen molar-refractivity contribution >= 4 is 26.8 Å². The molecule has 0 aliphatic heterocycles. The predicted octanol–water partition coefficient (Wildman–Crippen LogP) is 1.69. The second-order valence-corrected chi connectivity index (χ2v) is 10.6. The number of amides is 1. The van der Waals surface area contributed by atoms with Crippen LogP contribution in [0.5, 0.6) is 5.75 Å². The number of carbonyl (C=O) groups excluding carboxylic acids is 1. The van der Waals surface area contributed by atoms with Crippen LogP contribution in [0.25, 0.3) is 11.0 Å². The first-order valence-corrected chi connectivity index (χ1v) is 12.1. The Labute approximate surface area is 190 Å². The van der Waals surface area contributed by atoms with Crippen LogP contribution in [-0.2, 0) is 23.4 Å². The van der Waals surface area contributed by atoms with Crippen molar-refractivity contribution in [3.05, 3.63) is 69.6 Å². The molecule has 1 aliphatic carbocycles. The van der Waals surface area contributed by atoms with Crippen molar-refractivity contribution in [3.8, 4) is 11.8 Å². The Kier molecular flexibility index (Phi) is 5.68. The van der Waals surface area contributed by atoms with Gasteiger partial charge >= 0.3 is 0 Å². The van der Waals surface area contributed by atoms with Crippen molar-refractivity contribution in [1.29, 1.82) is 5.26 Å². The largest absolute Gasteiger partial charge is 0.490 e. The van der Waals surface area contributed by atoms with Gasteiger partial charge in [-0.15, -0.1) is 0 Å². The molecule has 2 heterocycles. The van der Waals surface area contributed by atoms with Crippen LogP contribution in [0, 0.1) is 11.3 Å². The molecule has 0 atom stereocenters. The Morgan fingerprint density at radius 1 is 1.27 bits per heavy atom. The van der Waals surface area contributed by atoms with Gasteiger partial charge in [0.1, 0.15) is 28.2 Å². The number of fused-ring (bicyclic) bond motifs is 1. The van der Waals surface area contributed by atoms with Crippen LogP contribution in [0.2, 0.25) is 0 Å². The number of hydrogen-bond donors (Lipinski definition) is 1. The van der Waals surface area contributed by atoms with Crippen LogP contribution >= 0.6 is 0 Å². The fourth-order valence-electron chi connectivity index (χ4n) is 3.60. The minimum Gasteiger partial charge on any atom is -0.490 e. The third-order valence-electron chi connectivity index (χ3n) is 5.93. The van der Waals surface area contributed by atoms with E-state index in [1.165, 1.54) is 30.1 Å². The third kappa shape index (κ3) is 4.32. The molecule has 1 fully saturated rings. The first kappa shape index (κ1) is 22.5. The number of aromatic nitrogens is 2. The summed E-state index contributed by atoms with van der Waals surface area (Å²) in [5.41, 5.74) is 1.47. The Morgan fingerprint density at radius 2 is 1.97 bits per heavy atom. The smallest absolute Gasteiger partial charge is 0.263 e. The van der Waals surface area contributed by atoms with E-state index in [9.17, 15) is 18.0 Å². The molecule has 1 amide bonds. The van der Waals surface area contributed by atoms with Crippen LogP contribution in [0.15, 0.2) is 47.4 Å². The van der Waals surface area contributed by atoms with Gasteiger partial charge in [0.05, 0.1) is 17.1 Å². The van der Waals surface area contributed by atoms with Crippen LogP contribution < -0.4 is 15.6 Å². The van der Waals surface area contributed by atoms with E-state index in [0.29, 0.717) is 35.2 Å². The molecule has 0 saturated heterocycles. The van der Waals surface area contributed by atoms with Crippen LogP contribution in [0.1, 0.15) is 34.3 Å². The van der Waals surface area contributed by atoms with Gasteiger partial charge in [-0.05, 0) is 36.6 Å². The first-order chi connectivity index (χ1) is 15.6. The molecular weight excluding hydrogens is 444 g/mol. The number of pyridine rings is 2. The second kappa shape index (κ2) is 8.33. The Morgan fingerprint density at radius 3 is 2.58 bits per heavy atom. The number of benzene rings is 1. The molecule has 0 bridgehead atoms.